The average Bonchev–Trinajstić information content (AvgIpc) is 3.31. The first-order valence-electron chi connectivity index (χ1n) is 8.39. The minimum atomic E-state index is -1.02. The Morgan fingerprint density at radius 1 is 1.17 bits per heavy atom. The molecule has 0 saturated heterocycles. The number of carbonyl (C=O) groups excluding carboxylic acids is 1. The standard InChI is InChI=1S/C19H26O5/c1-13(2)17(18(21)22)16(20)8-9-19(10-11-19)12-24-15-6-4-14(23-3)5-7-15/h4-7,13,17H,8-12H2,1-3H3,(H,21,22). The predicted molar refractivity (Wildman–Crippen MR) is 90.4 cm³/mol. The van der Waals surface area contributed by atoms with Gasteiger partial charge in [-0.1, -0.05) is 13.8 Å². The lowest BCUT2D eigenvalue weighted by molar-refractivity contribution is -0.148. The van der Waals surface area contributed by atoms with E-state index in [0.717, 1.165) is 24.3 Å². The highest BCUT2D eigenvalue weighted by Crippen LogP contribution is 2.50. The molecule has 0 radical (unpaired) electrons. The normalized spacial score (nSPS) is 16.5. The monoisotopic (exact) mass is 334 g/mol. The van der Waals surface area contributed by atoms with Crippen molar-refractivity contribution in [2.24, 2.45) is 17.3 Å². The number of carboxylic acids is 1. The molecule has 132 valence electrons. The van der Waals surface area contributed by atoms with Crippen molar-refractivity contribution < 1.29 is 24.2 Å². The van der Waals surface area contributed by atoms with Crippen LogP contribution in [-0.4, -0.2) is 30.6 Å². The van der Waals surface area contributed by atoms with E-state index >= 15 is 0 Å². The van der Waals surface area contributed by atoms with Gasteiger partial charge in [0.2, 0.25) is 0 Å². The van der Waals surface area contributed by atoms with E-state index in [9.17, 15) is 14.7 Å². The molecule has 5 heteroatoms. The molecule has 0 aromatic heterocycles. The second kappa shape index (κ2) is 7.69. The topological polar surface area (TPSA) is 72.8 Å². The summed E-state index contributed by atoms with van der Waals surface area (Å²) in [6, 6.07) is 7.41. The van der Waals surface area contributed by atoms with Crippen LogP contribution < -0.4 is 9.47 Å². The van der Waals surface area contributed by atoms with Crippen LogP contribution in [0.2, 0.25) is 0 Å². The van der Waals surface area contributed by atoms with E-state index in [4.69, 9.17) is 9.47 Å². The predicted octanol–water partition coefficient (Wildman–Crippen LogP) is 3.56. The van der Waals surface area contributed by atoms with Crippen molar-refractivity contribution in [3.05, 3.63) is 24.3 Å². The van der Waals surface area contributed by atoms with Crippen LogP contribution in [0.25, 0.3) is 0 Å². The molecule has 1 atom stereocenters. The number of aliphatic carboxylic acids is 1. The maximum Gasteiger partial charge on any atom is 0.314 e. The van der Waals surface area contributed by atoms with Crippen LogP contribution in [0.1, 0.15) is 39.5 Å². The minimum Gasteiger partial charge on any atom is -0.497 e. The second-order valence-corrected chi connectivity index (χ2v) is 6.99. The molecule has 1 aliphatic carbocycles. The fraction of sp³-hybridized carbons (Fsp3) is 0.579. The number of hydrogen-bond donors (Lipinski definition) is 1. The summed E-state index contributed by atoms with van der Waals surface area (Å²) < 4.78 is 10.9. The van der Waals surface area contributed by atoms with E-state index in [1.807, 2.05) is 24.3 Å². The Bertz CT molecular complexity index is 572. The van der Waals surface area contributed by atoms with Crippen LogP contribution in [0.3, 0.4) is 0 Å². The number of Topliss-reactive ketones (excluding diaryl/α,β-unsaturated/α-hetero) is 1. The number of ether oxygens (including phenoxy) is 2. The molecule has 2 rings (SSSR count). The van der Waals surface area contributed by atoms with Gasteiger partial charge in [0.1, 0.15) is 23.2 Å². The van der Waals surface area contributed by atoms with Gasteiger partial charge in [0, 0.05) is 11.8 Å². The highest BCUT2D eigenvalue weighted by Gasteiger charge is 2.44. The Balaban J connectivity index is 1.83. The van der Waals surface area contributed by atoms with Gasteiger partial charge < -0.3 is 14.6 Å². The van der Waals surface area contributed by atoms with Crippen LogP contribution in [0.15, 0.2) is 24.3 Å². The maximum absolute atomic E-state index is 12.2. The zero-order valence-electron chi connectivity index (χ0n) is 14.6. The summed E-state index contributed by atoms with van der Waals surface area (Å²) >= 11 is 0. The van der Waals surface area contributed by atoms with Crippen LogP contribution in [0.4, 0.5) is 0 Å². The van der Waals surface area contributed by atoms with Crippen molar-refractivity contribution in [2.45, 2.75) is 39.5 Å². The highest BCUT2D eigenvalue weighted by atomic mass is 16.5. The van der Waals surface area contributed by atoms with Crippen LogP contribution in [-0.2, 0) is 9.59 Å². The van der Waals surface area contributed by atoms with Crippen molar-refractivity contribution >= 4 is 11.8 Å². The van der Waals surface area contributed by atoms with E-state index in [2.05, 4.69) is 0 Å². The van der Waals surface area contributed by atoms with Crippen molar-refractivity contribution in [3.8, 4) is 11.5 Å². The maximum atomic E-state index is 12.2. The summed E-state index contributed by atoms with van der Waals surface area (Å²) in [6.45, 7) is 4.11. The van der Waals surface area contributed by atoms with Gasteiger partial charge in [0.05, 0.1) is 13.7 Å². The lowest BCUT2D eigenvalue weighted by Crippen LogP contribution is -2.29. The molecule has 0 spiro atoms. The first kappa shape index (κ1) is 18.3. The average molecular weight is 334 g/mol. The molecule has 24 heavy (non-hydrogen) atoms. The molecular weight excluding hydrogens is 308 g/mol. The summed E-state index contributed by atoms with van der Waals surface area (Å²) in [5.41, 5.74) is 0.0234. The fourth-order valence-corrected chi connectivity index (χ4v) is 2.89. The van der Waals surface area contributed by atoms with Crippen LogP contribution >= 0.6 is 0 Å². The number of benzene rings is 1. The summed E-state index contributed by atoms with van der Waals surface area (Å²) in [7, 11) is 1.62. The second-order valence-electron chi connectivity index (χ2n) is 6.99. The van der Waals surface area contributed by atoms with Gasteiger partial charge >= 0.3 is 5.97 Å². The highest BCUT2D eigenvalue weighted by molar-refractivity contribution is 5.98. The van der Waals surface area contributed by atoms with Crippen LogP contribution in [0, 0.1) is 17.3 Å². The third-order valence-electron chi connectivity index (χ3n) is 4.74. The van der Waals surface area contributed by atoms with Crippen molar-refractivity contribution in [2.75, 3.05) is 13.7 Å². The van der Waals surface area contributed by atoms with E-state index in [1.165, 1.54) is 0 Å². The minimum absolute atomic E-state index is 0.0234. The van der Waals surface area contributed by atoms with E-state index in [-0.39, 0.29) is 17.1 Å². The lowest BCUT2D eigenvalue weighted by Gasteiger charge is -2.19. The Morgan fingerprint density at radius 3 is 2.21 bits per heavy atom. The lowest BCUT2D eigenvalue weighted by atomic mass is 9.87. The Morgan fingerprint density at radius 2 is 1.75 bits per heavy atom. The Labute approximate surface area is 143 Å². The van der Waals surface area contributed by atoms with E-state index < -0.39 is 11.9 Å². The van der Waals surface area contributed by atoms with Crippen molar-refractivity contribution in [1.29, 1.82) is 0 Å². The number of carbonyl (C=O) groups is 2. The number of rotatable bonds is 10. The van der Waals surface area contributed by atoms with E-state index in [0.29, 0.717) is 19.4 Å². The number of carboxylic acid groups (broad SMARTS) is 1. The third-order valence-corrected chi connectivity index (χ3v) is 4.74. The molecule has 0 aliphatic heterocycles. The first-order valence-corrected chi connectivity index (χ1v) is 8.39. The Kier molecular flexibility index (Phi) is 5.86. The molecule has 0 amide bonds. The van der Waals surface area contributed by atoms with Gasteiger partial charge in [0.25, 0.3) is 0 Å². The SMILES string of the molecule is COc1ccc(OCC2(CCC(=O)C(C(=O)O)C(C)C)CC2)cc1. The molecule has 1 unspecified atom stereocenters. The Hall–Kier alpha value is -2.04. The molecule has 1 N–H and O–H groups in total. The molecule has 1 aromatic carbocycles. The number of methoxy groups -OCH3 is 1. The fourth-order valence-electron chi connectivity index (χ4n) is 2.89. The smallest absolute Gasteiger partial charge is 0.314 e. The summed E-state index contributed by atoms with van der Waals surface area (Å²) in [4.78, 5) is 23.4. The molecule has 0 bridgehead atoms. The summed E-state index contributed by atoms with van der Waals surface area (Å²) in [6.07, 6.45) is 3.05. The molecule has 1 saturated carbocycles. The van der Waals surface area contributed by atoms with Crippen molar-refractivity contribution in [3.63, 3.8) is 0 Å². The van der Waals surface area contributed by atoms with Crippen LogP contribution in [0.5, 0.6) is 11.5 Å². The zero-order chi connectivity index (χ0) is 17.7. The zero-order valence-corrected chi connectivity index (χ0v) is 14.6. The molecular formula is C19H26O5. The molecule has 1 fully saturated rings. The van der Waals surface area contributed by atoms with Gasteiger partial charge in [-0.2, -0.15) is 0 Å². The van der Waals surface area contributed by atoms with Gasteiger partial charge in [0.15, 0.2) is 0 Å². The number of hydrogen-bond acceptors (Lipinski definition) is 4. The van der Waals surface area contributed by atoms with Gasteiger partial charge in [-0.05, 0) is 49.4 Å². The quantitative estimate of drug-likeness (QED) is 0.662. The number of ketones is 1. The molecule has 0 heterocycles. The first-order chi connectivity index (χ1) is 11.4. The molecule has 5 nitrogen and oxygen atoms in total. The van der Waals surface area contributed by atoms with Gasteiger partial charge in [-0.3, -0.25) is 9.59 Å². The van der Waals surface area contributed by atoms with Gasteiger partial charge in [-0.15, -0.1) is 0 Å². The molecule has 1 aliphatic rings. The summed E-state index contributed by atoms with van der Waals surface area (Å²) in [5, 5.41) is 9.20. The summed E-state index contributed by atoms with van der Waals surface area (Å²) in [5.74, 6) is -0.715. The van der Waals surface area contributed by atoms with E-state index in [1.54, 1.807) is 21.0 Å². The molecule has 1 aromatic rings. The third kappa shape index (κ3) is 4.73. The van der Waals surface area contributed by atoms with Crippen molar-refractivity contribution in [1.82, 2.24) is 0 Å². The van der Waals surface area contributed by atoms with Gasteiger partial charge in [-0.25, -0.2) is 0 Å². The largest absolute Gasteiger partial charge is 0.497 e.